The average Bonchev–Trinajstić information content (AvgIpc) is 2.85. The van der Waals surface area contributed by atoms with Crippen LogP contribution in [0.25, 0.3) is 5.69 Å². The Morgan fingerprint density at radius 3 is 2.61 bits per heavy atom. The first-order valence-corrected chi connectivity index (χ1v) is 7.02. The van der Waals surface area contributed by atoms with Gasteiger partial charge in [0.1, 0.15) is 0 Å². The summed E-state index contributed by atoms with van der Waals surface area (Å²) in [5, 5.41) is 12.9. The number of benzene rings is 1. The van der Waals surface area contributed by atoms with Gasteiger partial charge in [-0.1, -0.05) is 39.2 Å². The Kier molecular flexibility index (Phi) is 4.30. The summed E-state index contributed by atoms with van der Waals surface area (Å²) in [4.78, 5) is 2.17. The minimum absolute atomic E-state index is 0.344. The van der Waals surface area contributed by atoms with Crippen molar-refractivity contribution in [3.63, 3.8) is 0 Å². The molecule has 0 radical (unpaired) electrons. The van der Waals surface area contributed by atoms with Gasteiger partial charge in [-0.3, -0.25) is 0 Å². The Balaban J connectivity index is 2.37. The molecule has 0 bridgehead atoms. The summed E-state index contributed by atoms with van der Waals surface area (Å²) in [6.07, 6.45) is 0. The van der Waals surface area contributed by atoms with Gasteiger partial charge < -0.3 is 4.90 Å². The standard InChI is InChI=1S/C12H16BrN5/c1-10(2)17(9-8-13)12-14-15-16-18(12)11-6-4-3-5-7-11/h3-7,10H,8-9H2,1-2H3. The largest absolute Gasteiger partial charge is 0.336 e. The normalized spacial score (nSPS) is 10.9. The number of rotatable bonds is 5. The average molecular weight is 310 g/mol. The number of alkyl halides is 1. The van der Waals surface area contributed by atoms with Crippen molar-refractivity contribution in [2.75, 3.05) is 16.8 Å². The van der Waals surface area contributed by atoms with Crippen LogP contribution in [0.3, 0.4) is 0 Å². The van der Waals surface area contributed by atoms with E-state index >= 15 is 0 Å². The molecule has 0 saturated carbocycles. The van der Waals surface area contributed by atoms with Gasteiger partial charge in [-0.15, -0.1) is 0 Å². The minimum atomic E-state index is 0.344. The quantitative estimate of drug-likeness (QED) is 0.795. The van der Waals surface area contributed by atoms with E-state index in [-0.39, 0.29) is 0 Å². The first-order valence-electron chi connectivity index (χ1n) is 5.90. The van der Waals surface area contributed by atoms with Crippen molar-refractivity contribution in [1.82, 2.24) is 20.2 Å². The van der Waals surface area contributed by atoms with Crippen molar-refractivity contribution in [2.45, 2.75) is 19.9 Å². The van der Waals surface area contributed by atoms with E-state index in [1.165, 1.54) is 0 Å². The number of nitrogens with zero attached hydrogens (tertiary/aromatic N) is 5. The van der Waals surface area contributed by atoms with Crippen molar-refractivity contribution in [1.29, 1.82) is 0 Å². The maximum absolute atomic E-state index is 4.14. The number of aromatic nitrogens is 4. The van der Waals surface area contributed by atoms with Crippen molar-refractivity contribution >= 4 is 21.9 Å². The number of halogens is 1. The van der Waals surface area contributed by atoms with Gasteiger partial charge in [-0.25, -0.2) is 0 Å². The van der Waals surface area contributed by atoms with Gasteiger partial charge in [0.15, 0.2) is 0 Å². The molecule has 1 heterocycles. The van der Waals surface area contributed by atoms with Crippen LogP contribution < -0.4 is 4.90 Å². The zero-order valence-corrected chi connectivity index (χ0v) is 12.1. The second-order valence-electron chi connectivity index (χ2n) is 4.20. The molecular weight excluding hydrogens is 294 g/mol. The highest BCUT2D eigenvalue weighted by Crippen LogP contribution is 2.17. The third-order valence-corrected chi connectivity index (χ3v) is 3.01. The number of tetrazole rings is 1. The molecule has 0 aliphatic rings. The molecule has 0 N–H and O–H groups in total. The van der Waals surface area contributed by atoms with Gasteiger partial charge in [0, 0.05) is 17.9 Å². The molecule has 18 heavy (non-hydrogen) atoms. The molecule has 1 aromatic carbocycles. The van der Waals surface area contributed by atoms with Gasteiger partial charge in [0.05, 0.1) is 5.69 Å². The van der Waals surface area contributed by atoms with E-state index in [1.807, 2.05) is 30.3 Å². The molecule has 0 spiro atoms. The summed E-state index contributed by atoms with van der Waals surface area (Å²) >= 11 is 3.47. The molecule has 0 amide bonds. The lowest BCUT2D eigenvalue weighted by Crippen LogP contribution is -2.34. The van der Waals surface area contributed by atoms with E-state index < -0.39 is 0 Å². The highest BCUT2D eigenvalue weighted by Gasteiger charge is 2.18. The van der Waals surface area contributed by atoms with Gasteiger partial charge in [-0.2, -0.15) is 4.68 Å². The second kappa shape index (κ2) is 5.95. The molecule has 0 fully saturated rings. The smallest absolute Gasteiger partial charge is 0.250 e. The van der Waals surface area contributed by atoms with E-state index in [1.54, 1.807) is 4.68 Å². The molecule has 2 rings (SSSR count). The topological polar surface area (TPSA) is 46.8 Å². The van der Waals surface area contributed by atoms with Crippen LogP contribution in [0.4, 0.5) is 5.95 Å². The van der Waals surface area contributed by atoms with Gasteiger partial charge in [0.2, 0.25) is 0 Å². The van der Waals surface area contributed by atoms with Crippen LogP contribution in [0.2, 0.25) is 0 Å². The lowest BCUT2D eigenvalue weighted by Gasteiger charge is -2.26. The summed E-state index contributed by atoms with van der Waals surface area (Å²) in [7, 11) is 0. The minimum Gasteiger partial charge on any atom is -0.336 e. The molecular formula is C12H16BrN5. The summed E-state index contributed by atoms with van der Waals surface area (Å²) in [5.74, 6) is 0.774. The Morgan fingerprint density at radius 1 is 1.28 bits per heavy atom. The predicted molar refractivity (Wildman–Crippen MR) is 75.4 cm³/mol. The van der Waals surface area contributed by atoms with Crippen LogP contribution >= 0.6 is 15.9 Å². The summed E-state index contributed by atoms with van der Waals surface area (Å²) in [6, 6.07) is 10.3. The highest BCUT2D eigenvalue weighted by molar-refractivity contribution is 9.09. The maximum Gasteiger partial charge on any atom is 0.250 e. The van der Waals surface area contributed by atoms with E-state index in [4.69, 9.17) is 0 Å². The molecule has 0 atom stereocenters. The van der Waals surface area contributed by atoms with Gasteiger partial charge in [-0.05, 0) is 36.4 Å². The molecule has 1 aromatic heterocycles. The zero-order chi connectivity index (χ0) is 13.0. The second-order valence-corrected chi connectivity index (χ2v) is 5.00. The van der Waals surface area contributed by atoms with Crippen LogP contribution in [-0.4, -0.2) is 38.1 Å². The van der Waals surface area contributed by atoms with Crippen molar-refractivity contribution in [2.24, 2.45) is 0 Å². The Hall–Kier alpha value is -1.43. The lowest BCUT2D eigenvalue weighted by atomic mass is 10.3. The van der Waals surface area contributed by atoms with E-state index in [2.05, 4.69) is 50.2 Å². The Labute approximate surface area is 115 Å². The van der Waals surface area contributed by atoms with Crippen molar-refractivity contribution < 1.29 is 0 Å². The Morgan fingerprint density at radius 2 is 2.00 bits per heavy atom. The summed E-state index contributed by atoms with van der Waals surface area (Å²) in [6.45, 7) is 5.13. The predicted octanol–water partition coefficient (Wildman–Crippen LogP) is 2.27. The third kappa shape index (κ3) is 2.69. The lowest BCUT2D eigenvalue weighted by molar-refractivity contribution is 0.669. The molecule has 0 aliphatic carbocycles. The summed E-state index contributed by atoms with van der Waals surface area (Å²) < 4.78 is 1.77. The number of anilines is 1. The number of hydrogen-bond donors (Lipinski definition) is 0. The third-order valence-electron chi connectivity index (χ3n) is 2.66. The SMILES string of the molecule is CC(C)N(CCBr)c1nnnn1-c1ccccc1. The van der Waals surface area contributed by atoms with Crippen LogP contribution in [0, 0.1) is 0 Å². The van der Waals surface area contributed by atoms with Gasteiger partial charge >= 0.3 is 0 Å². The van der Waals surface area contributed by atoms with Crippen molar-refractivity contribution in [3.05, 3.63) is 30.3 Å². The fourth-order valence-electron chi connectivity index (χ4n) is 1.78. The molecule has 96 valence electrons. The molecule has 5 nitrogen and oxygen atoms in total. The van der Waals surface area contributed by atoms with E-state index in [0.717, 1.165) is 23.5 Å². The first-order chi connectivity index (χ1) is 8.74. The molecule has 0 saturated heterocycles. The maximum atomic E-state index is 4.14. The van der Waals surface area contributed by atoms with E-state index in [9.17, 15) is 0 Å². The molecule has 2 aromatic rings. The summed E-state index contributed by atoms with van der Waals surface area (Å²) in [5.41, 5.74) is 0.970. The van der Waals surface area contributed by atoms with Crippen LogP contribution in [0.15, 0.2) is 30.3 Å². The number of hydrogen-bond acceptors (Lipinski definition) is 4. The molecule has 0 unspecified atom stereocenters. The number of para-hydroxylation sites is 1. The van der Waals surface area contributed by atoms with Crippen LogP contribution in [0.5, 0.6) is 0 Å². The fourth-order valence-corrected chi connectivity index (χ4v) is 2.16. The van der Waals surface area contributed by atoms with E-state index in [0.29, 0.717) is 6.04 Å². The monoisotopic (exact) mass is 309 g/mol. The zero-order valence-electron chi connectivity index (χ0n) is 10.5. The first kappa shape index (κ1) is 13.0. The van der Waals surface area contributed by atoms with Crippen LogP contribution in [0.1, 0.15) is 13.8 Å². The fraction of sp³-hybridized carbons (Fsp3) is 0.417. The Bertz CT molecular complexity index is 482. The van der Waals surface area contributed by atoms with Gasteiger partial charge in [0.25, 0.3) is 5.95 Å². The molecule has 0 aliphatic heterocycles. The van der Waals surface area contributed by atoms with Crippen molar-refractivity contribution in [3.8, 4) is 5.69 Å². The molecule has 6 heteroatoms. The highest BCUT2D eigenvalue weighted by atomic mass is 79.9. The van der Waals surface area contributed by atoms with Crippen LogP contribution in [-0.2, 0) is 0 Å².